The van der Waals surface area contributed by atoms with E-state index in [9.17, 15) is 4.79 Å². The Balaban J connectivity index is 2.22. The van der Waals surface area contributed by atoms with Crippen LogP contribution in [0.3, 0.4) is 0 Å². The van der Waals surface area contributed by atoms with E-state index in [0.29, 0.717) is 10.7 Å². The molecule has 1 N–H and O–H groups in total. The minimum absolute atomic E-state index is 0.148. The normalized spacial score (nSPS) is 19.9. The van der Waals surface area contributed by atoms with Crippen LogP contribution < -0.4 is 10.9 Å². The molecular weight excluding hydrogens is 264 g/mol. The summed E-state index contributed by atoms with van der Waals surface area (Å²) in [5.74, 6) is 2.40. The quantitative estimate of drug-likeness (QED) is 0.841. The third-order valence-electron chi connectivity index (χ3n) is 3.21. The van der Waals surface area contributed by atoms with Gasteiger partial charge in [0.15, 0.2) is 0 Å². The summed E-state index contributed by atoms with van der Waals surface area (Å²) in [7, 11) is 2.07. The molecule has 0 aromatic carbocycles. The zero-order valence-corrected chi connectivity index (χ0v) is 11.7. The fourth-order valence-electron chi connectivity index (χ4n) is 2.29. The Morgan fingerprint density at radius 2 is 2.47 bits per heavy atom. The molecule has 1 aromatic heterocycles. The van der Waals surface area contributed by atoms with Gasteiger partial charge in [0.25, 0.3) is 5.56 Å². The molecule has 1 saturated heterocycles. The first-order valence-electron chi connectivity index (χ1n) is 6.26. The molecule has 0 spiro atoms. The molecule has 0 saturated carbocycles. The third-order valence-corrected chi connectivity index (χ3v) is 3.50. The number of rotatable bonds is 3. The molecule has 102 valence electrons. The van der Waals surface area contributed by atoms with Crippen LogP contribution in [0.2, 0.25) is 5.02 Å². The Morgan fingerprint density at radius 1 is 1.68 bits per heavy atom. The molecule has 0 amide bonds. The predicted octanol–water partition coefficient (Wildman–Crippen LogP) is 1.04. The number of terminal acetylenes is 1. The first kappa shape index (κ1) is 13.9. The number of piperidine rings is 1. The molecule has 5 nitrogen and oxygen atoms in total. The van der Waals surface area contributed by atoms with Crippen molar-refractivity contribution in [2.45, 2.75) is 25.4 Å². The number of anilines is 1. The summed E-state index contributed by atoms with van der Waals surface area (Å²) in [6.07, 6.45) is 8.80. The van der Waals surface area contributed by atoms with Gasteiger partial charge < -0.3 is 10.2 Å². The number of halogens is 1. The van der Waals surface area contributed by atoms with Gasteiger partial charge in [-0.3, -0.25) is 4.79 Å². The molecule has 0 bridgehead atoms. The largest absolute Gasteiger partial charge is 0.375 e. The van der Waals surface area contributed by atoms with Crippen LogP contribution in [-0.2, 0) is 6.54 Å². The van der Waals surface area contributed by atoms with Crippen molar-refractivity contribution in [2.75, 3.05) is 25.5 Å². The van der Waals surface area contributed by atoms with E-state index >= 15 is 0 Å². The smallest absolute Gasteiger partial charge is 0.292 e. The molecule has 1 unspecified atom stereocenters. The van der Waals surface area contributed by atoms with Gasteiger partial charge in [0.05, 0.1) is 11.2 Å². The average Bonchev–Trinajstić information content (AvgIpc) is 2.38. The van der Waals surface area contributed by atoms with E-state index in [2.05, 4.69) is 28.3 Å². The van der Waals surface area contributed by atoms with Crippen LogP contribution in [-0.4, -0.2) is 40.9 Å². The Bertz CT molecular complexity index is 549. The van der Waals surface area contributed by atoms with Crippen molar-refractivity contribution in [2.24, 2.45) is 0 Å². The van der Waals surface area contributed by atoms with E-state index in [-0.39, 0.29) is 18.1 Å². The molecule has 19 heavy (non-hydrogen) atoms. The van der Waals surface area contributed by atoms with Crippen LogP contribution >= 0.6 is 11.6 Å². The van der Waals surface area contributed by atoms with Crippen molar-refractivity contribution < 1.29 is 0 Å². The van der Waals surface area contributed by atoms with E-state index in [1.807, 2.05) is 0 Å². The lowest BCUT2D eigenvalue weighted by Gasteiger charge is -2.30. The van der Waals surface area contributed by atoms with Crippen molar-refractivity contribution in [3.05, 3.63) is 21.6 Å². The van der Waals surface area contributed by atoms with E-state index in [4.69, 9.17) is 18.0 Å². The zero-order valence-electron chi connectivity index (χ0n) is 10.9. The standard InChI is InChI=1S/C13H17ClN4O/c1-3-6-18-13(19)12(11(14)8-15-18)16-10-5-4-7-17(2)9-10/h1,8,10,16H,4-7,9H2,2H3. The predicted molar refractivity (Wildman–Crippen MR) is 76.5 cm³/mol. The molecular formula is C13H17ClN4O. The second kappa shape index (κ2) is 6.09. The van der Waals surface area contributed by atoms with E-state index in [1.54, 1.807) is 0 Å². The van der Waals surface area contributed by atoms with Gasteiger partial charge in [0, 0.05) is 12.6 Å². The first-order valence-corrected chi connectivity index (χ1v) is 6.63. The van der Waals surface area contributed by atoms with Crippen LogP contribution in [0.1, 0.15) is 12.8 Å². The number of hydrogen-bond donors (Lipinski definition) is 1. The van der Waals surface area contributed by atoms with Gasteiger partial charge in [-0.05, 0) is 26.4 Å². The third kappa shape index (κ3) is 3.28. The highest BCUT2D eigenvalue weighted by molar-refractivity contribution is 6.33. The van der Waals surface area contributed by atoms with Gasteiger partial charge in [-0.2, -0.15) is 5.10 Å². The van der Waals surface area contributed by atoms with Gasteiger partial charge in [-0.1, -0.05) is 17.5 Å². The highest BCUT2D eigenvalue weighted by Crippen LogP contribution is 2.19. The SMILES string of the molecule is C#CCn1ncc(Cl)c(NC2CCCN(C)C2)c1=O. The van der Waals surface area contributed by atoms with E-state index in [1.165, 1.54) is 10.9 Å². The highest BCUT2D eigenvalue weighted by Gasteiger charge is 2.19. The summed E-state index contributed by atoms with van der Waals surface area (Å²) < 4.78 is 1.24. The second-order valence-corrected chi connectivity index (χ2v) is 5.19. The lowest BCUT2D eigenvalue weighted by molar-refractivity contribution is 0.261. The molecule has 1 fully saturated rings. The minimum Gasteiger partial charge on any atom is -0.375 e. The van der Waals surface area contributed by atoms with Crippen molar-refractivity contribution in [3.8, 4) is 12.3 Å². The lowest BCUT2D eigenvalue weighted by Crippen LogP contribution is -2.41. The highest BCUT2D eigenvalue weighted by atomic mass is 35.5. The lowest BCUT2D eigenvalue weighted by atomic mass is 10.1. The fraction of sp³-hybridized carbons (Fsp3) is 0.538. The Labute approximate surface area is 117 Å². The maximum Gasteiger partial charge on any atom is 0.292 e. The van der Waals surface area contributed by atoms with Gasteiger partial charge in [0.1, 0.15) is 12.2 Å². The molecule has 0 radical (unpaired) electrons. The summed E-state index contributed by atoms with van der Waals surface area (Å²) in [5, 5.41) is 7.49. The van der Waals surface area contributed by atoms with Crippen LogP contribution in [0.25, 0.3) is 0 Å². The number of likely N-dealkylation sites (tertiary alicyclic amines) is 1. The maximum absolute atomic E-state index is 12.2. The summed E-state index contributed by atoms with van der Waals surface area (Å²) in [6.45, 7) is 2.13. The summed E-state index contributed by atoms with van der Waals surface area (Å²) in [6, 6.07) is 0.227. The van der Waals surface area contributed by atoms with Crippen molar-refractivity contribution in [3.63, 3.8) is 0 Å². The Kier molecular flexibility index (Phi) is 4.46. The zero-order chi connectivity index (χ0) is 13.8. The van der Waals surface area contributed by atoms with Crippen LogP contribution in [0.4, 0.5) is 5.69 Å². The average molecular weight is 281 g/mol. The van der Waals surface area contributed by atoms with Gasteiger partial charge in [0.2, 0.25) is 0 Å². The Morgan fingerprint density at radius 3 is 3.16 bits per heavy atom. The van der Waals surface area contributed by atoms with Crippen LogP contribution in [0, 0.1) is 12.3 Å². The van der Waals surface area contributed by atoms with Gasteiger partial charge in [-0.25, -0.2) is 4.68 Å². The summed E-state index contributed by atoms with van der Waals surface area (Å²) in [4.78, 5) is 14.4. The minimum atomic E-state index is -0.265. The fourth-order valence-corrected chi connectivity index (χ4v) is 2.47. The number of aromatic nitrogens is 2. The molecule has 1 aliphatic heterocycles. The number of hydrogen-bond acceptors (Lipinski definition) is 4. The Hall–Kier alpha value is -1.51. The molecule has 1 aromatic rings. The molecule has 6 heteroatoms. The second-order valence-electron chi connectivity index (χ2n) is 4.78. The van der Waals surface area contributed by atoms with E-state index < -0.39 is 0 Å². The van der Waals surface area contributed by atoms with Crippen LogP contribution in [0.15, 0.2) is 11.0 Å². The van der Waals surface area contributed by atoms with Crippen molar-refractivity contribution in [1.82, 2.24) is 14.7 Å². The van der Waals surface area contributed by atoms with Gasteiger partial charge in [-0.15, -0.1) is 6.42 Å². The number of likely N-dealkylation sites (N-methyl/N-ethyl adjacent to an activating group) is 1. The molecule has 1 aliphatic rings. The topological polar surface area (TPSA) is 50.2 Å². The number of nitrogens with zero attached hydrogens (tertiary/aromatic N) is 3. The monoisotopic (exact) mass is 280 g/mol. The summed E-state index contributed by atoms with van der Waals surface area (Å²) in [5.41, 5.74) is 0.130. The van der Waals surface area contributed by atoms with Gasteiger partial charge >= 0.3 is 0 Å². The first-order chi connectivity index (χ1) is 9.11. The molecule has 0 aliphatic carbocycles. The molecule has 2 rings (SSSR count). The molecule has 1 atom stereocenters. The van der Waals surface area contributed by atoms with Crippen LogP contribution in [0.5, 0.6) is 0 Å². The van der Waals surface area contributed by atoms with Crippen molar-refractivity contribution in [1.29, 1.82) is 0 Å². The van der Waals surface area contributed by atoms with Crippen molar-refractivity contribution >= 4 is 17.3 Å². The number of nitrogens with one attached hydrogen (secondary N) is 1. The molecule has 2 heterocycles. The maximum atomic E-state index is 12.2. The summed E-state index contributed by atoms with van der Waals surface area (Å²) >= 11 is 6.05. The van der Waals surface area contributed by atoms with E-state index in [0.717, 1.165) is 25.9 Å².